The Morgan fingerprint density at radius 3 is 2.40 bits per heavy atom. The molecule has 0 spiro atoms. The summed E-state index contributed by atoms with van der Waals surface area (Å²) >= 11 is 0. The number of hydrogen-bond donors (Lipinski definition) is 0. The van der Waals surface area contributed by atoms with Gasteiger partial charge in [0, 0.05) is 17.6 Å². The lowest BCUT2D eigenvalue weighted by molar-refractivity contribution is -0.903. The number of ether oxygens (including phenoxy) is 1. The van der Waals surface area contributed by atoms with Gasteiger partial charge in [-0.05, 0) is 6.92 Å². The average Bonchev–Trinajstić information content (AvgIpc) is 2.35. The minimum absolute atomic E-state index is 0. The Kier molecular flexibility index (Phi) is 8.42. The number of rotatable bonds is 7. The lowest BCUT2D eigenvalue weighted by Crippen LogP contribution is -3.00. The molecule has 0 heterocycles. The predicted octanol–water partition coefficient (Wildman–Crippen LogP) is -0.224. The van der Waals surface area contributed by atoms with Crippen LogP contribution in [0, 0.1) is 0 Å². The lowest BCUT2D eigenvalue weighted by Gasteiger charge is -2.29. The van der Waals surface area contributed by atoms with Gasteiger partial charge in [-0.2, -0.15) is 0 Å². The van der Waals surface area contributed by atoms with Crippen molar-refractivity contribution < 1.29 is 31.0 Å². The molecular weight excluding hydrogens is 318 g/mol. The van der Waals surface area contributed by atoms with E-state index in [0.29, 0.717) is 12.2 Å². The van der Waals surface area contributed by atoms with Crippen LogP contribution in [0.4, 0.5) is 0 Å². The second-order valence-corrected chi connectivity index (χ2v) is 5.57. The second-order valence-electron chi connectivity index (χ2n) is 5.57. The molecule has 112 valence electrons. The zero-order valence-corrected chi connectivity index (χ0v) is 14.1. The van der Waals surface area contributed by atoms with Crippen LogP contribution in [0.2, 0.25) is 0 Å². The molecule has 0 amide bonds. The number of halogens is 1. The maximum atomic E-state index is 11.2. The highest BCUT2D eigenvalue weighted by atomic mass is 79.9. The molecule has 0 aromatic heterocycles. The molecule has 1 aromatic carbocycles. The van der Waals surface area contributed by atoms with E-state index in [0.717, 1.165) is 24.0 Å². The molecule has 0 aliphatic rings. The van der Waals surface area contributed by atoms with Crippen LogP contribution in [0.1, 0.15) is 18.9 Å². The summed E-state index contributed by atoms with van der Waals surface area (Å²) in [7, 11) is 4.38. The van der Waals surface area contributed by atoms with Crippen molar-refractivity contribution in [1.82, 2.24) is 0 Å². The van der Waals surface area contributed by atoms with Gasteiger partial charge in [0.05, 0.1) is 27.2 Å². The number of benzene rings is 1. The average molecular weight is 342 g/mol. The van der Waals surface area contributed by atoms with Crippen molar-refractivity contribution in [2.75, 3.05) is 27.2 Å². The van der Waals surface area contributed by atoms with Gasteiger partial charge in [-0.1, -0.05) is 36.9 Å². The van der Waals surface area contributed by atoms with Crippen LogP contribution in [0.5, 0.6) is 0 Å². The van der Waals surface area contributed by atoms with Gasteiger partial charge in [0.25, 0.3) is 0 Å². The fourth-order valence-corrected chi connectivity index (χ4v) is 1.94. The number of esters is 1. The quantitative estimate of drug-likeness (QED) is 0.296. The molecule has 0 aliphatic carbocycles. The van der Waals surface area contributed by atoms with Crippen molar-refractivity contribution in [3.05, 3.63) is 48.0 Å². The number of carbonyl (C=O) groups is 1. The van der Waals surface area contributed by atoms with Crippen LogP contribution in [0.25, 0.3) is 0 Å². The Labute approximate surface area is 132 Å². The summed E-state index contributed by atoms with van der Waals surface area (Å²) in [6.45, 7) is 7.64. The van der Waals surface area contributed by atoms with E-state index in [2.05, 4.69) is 44.9 Å². The molecule has 0 unspecified atom stereocenters. The SMILES string of the molecule is C=C(C)C(=O)OCCC[N+](C)(C)Cc1ccccc1.[Br-]. The molecule has 0 aliphatic heterocycles. The Hall–Kier alpha value is -1.13. The molecule has 1 rings (SSSR count). The first kappa shape index (κ1) is 18.9. The van der Waals surface area contributed by atoms with Crippen LogP contribution in [0.3, 0.4) is 0 Å². The van der Waals surface area contributed by atoms with Crippen molar-refractivity contribution in [1.29, 1.82) is 0 Å². The van der Waals surface area contributed by atoms with E-state index in [1.807, 2.05) is 6.07 Å². The fraction of sp³-hybridized carbons (Fsp3) is 0.438. The van der Waals surface area contributed by atoms with Crippen LogP contribution in [-0.4, -0.2) is 37.7 Å². The molecule has 4 heteroatoms. The van der Waals surface area contributed by atoms with Gasteiger partial charge in [0.15, 0.2) is 0 Å². The smallest absolute Gasteiger partial charge is 0.333 e. The van der Waals surface area contributed by atoms with Gasteiger partial charge in [-0.15, -0.1) is 0 Å². The van der Waals surface area contributed by atoms with E-state index in [-0.39, 0.29) is 23.0 Å². The standard InChI is InChI=1S/C16H24NO2.BrH/c1-14(2)16(18)19-12-8-11-17(3,4)13-15-9-6-5-7-10-15;/h5-7,9-10H,1,8,11-13H2,2-4H3;1H/q+1;/p-1. The van der Waals surface area contributed by atoms with Gasteiger partial charge in [-0.25, -0.2) is 4.79 Å². The van der Waals surface area contributed by atoms with Crippen molar-refractivity contribution in [2.24, 2.45) is 0 Å². The third-order valence-electron chi connectivity index (χ3n) is 2.94. The Bertz CT molecular complexity index is 429. The Morgan fingerprint density at radius 1 is 1.25 bits per heavy atom. The lowest BCUT2D eigenvalue weighted by atomic mass is 10.2. The van der Waals surface area contributed by atoms with E-state index in [1.165, 1.54) is 5.56 Å². The zero-order valence-electron chi connectivity index (χ0n) is 12.6. The maximum absolute atomic E-state index is 11.2. The van der Waals surface area contributed by atoms with E-state index < -0.39 is 0 Å². The summed E-state index contributed by atoms with van der Waals surface area (Å²) in [5, 5.41) is 0. The second kappa shape index (κ2) is 8.93. The first-order chi connectivity index (χ1) is 8.91. The largest absolute Gasteiger partial charge is 1.00 e. The molecule has 0 saturated heterocycles. The van der Waals surface area contributed by atoms with Crippen LogP contribution in [0.15, 0.2) is 42.5 Å². The first-order valence-corrected chi connectivity index (χ1v) is 6.59. The number of carbonyl (C=O) groups excluding carboxylic acids is 1. The third-order valence-corrected chi connectivity index (χ3v) is 2.94. The molecule has 0 radical (unpaired) electrons. The van der Waals surface area contributed by atoms with E-state index in [9.17, 15) is 4.79 Å². The third kappa shape index (κ3) is 7.46. The van der Waals surface area contributed by atoms with Gasteiger partial charge in [0.1, 0.15) is 6.54 Å². The van der Waals surface area contributed by atoms with Gasteiger partial charge < -0.3 is 26.2 Å². The van der Waals surface area contributed by atoms with Gasteiger partial charge in [0.2, 0.25) is 0 Å². The van der Waals surface area contributed by atoms with Crippen molar-refractivity contribution in [3.8, 4) is 0 Å². The highest BCUT2D eigenvalue weighted by molar-refractivity contribution is 5.86. The van der Waals surface area contributed by atoms with E-state index in [4.69, 9.17) is 4.74 Å². The molecular formula is C16H24BrNO2. The molecule has 0 atom stereocenters. The molecule has 0 bridgehead atoms. The molecule has 3 nitrogen and oxygen atoms in total. The Balaban J connectivity index is 0.00000361. The highest BCUT2D eigenvalue weighted by Gasteiger charge is 2.15. The van der Waals surface area contributed by atoms with Gasteiger partial charge in [-0.3, -0.25) is 0 Å². The number of hydrogen-bond acceptors (Lipinski definition) is 2. The minimum Gasteiger partial charge on any atom is -1.00 e. The number of quaternary nitrogens is 1. The van der Waals surface area contributed by atoms with Crippen molar-refractivity contribution in [3.63, 3.8) is 0 Å². The van der Waals surface area contributed by atoms with Crippen LogP contribution >= 0.6 is 0 Å². The monoisotopic (exact) mass is 341 g/mol. The molecule has 20 heavy (non-hydrogen) atoms. The zero-order chi connectivity index (χ0) is 14.3. The van der Waals surface area contributed by atoms with Crippen LogP contribution in [-0.2, 0) is 16.1 Å². The van der Waals surface area contributed by atoms with E-state index in [1.54, 1.807) is 6.92 Å². The summed E-state index contributed by atoms with van der Waals surface area (Å²) in [5.41, 5.74) is 1.78. The number of nitrogens with zero attached hydrogens (tertiary/aromatic N) is 1. The van der Waals surface area contributed by atoms with Crippen LogP contribution < -0.4 is 17.0 Å². The minimum atomic E-state index is -0.298. The van der Waals surface area contributed by atoms with E-state index >= 15 is 0 Å². The van der Waals surface area contributed by atoms with Crippen molar-refractivity contribution >= 4 is 5.97 Å². The molecule has 0 N–H and O–H groups in total. The molecule has 1 aromatic rings. The van der Waals surface area contributed by atoms with Crippen molar-refractivity contribution in [2.45, 2.75) is 19.9 Å². The predicted molar refractivity (Wildman–Crippen MR) is 77.5 cm³/mol. The molecule has 0 saturated carbocycles. The molecule has 0 fully saturated rings. The van der Waals surface area contributed by atoms with Gasteiger partial charge >= 0.3 is 5.97 Å². The summed E-state index contributed by atoms with van der Waals surface area (Å²) in [4.78, 5) is 11.2. The summed E-state index contributed by atoms with van der Waals surface area (Å²) in [6.07, 6.45) is 0.860. The first-order valence-electron chi connectivity index (χ1n) is 6.59. The summed E-state index contributed by atoms with van der Waals surface area (Å²) < 4.78 is 5.98. The Morgan fingerprint density at radius 2 is 1.85 bits per heavy atom. The highest BCUT2D eigenvalue weighted by Crippen LogP contribution is 2.09. The fourth-order valence-electron chi connectivity index (χ4n) is 1.94. The maximum Gasteiger partial charge on any atom is 0.333 e. The summed E-state index contributed by atoms with van der Waals surface area (Å²) in [6, 6.07) is 10.4. The summed E-state index contributed by atoms with van der Waals surface area (Å²) in [5.74, 6) is -0.298. The topological polar surface area (TPSA) is 26.3 Å². The normalized spacial score (nSPS) is 10.6.